The Bertz CT molecular complexity index is 744. The van der Waals surface area contributed by atoms with Gasteiger partial charge in [-0.1, -0.05) is 12.1 Å². The average molecular weight is 355 g/mol. The maximum absolute atomic E-state index is 12.8. The van der Waals surface area contributed by atoms with Crippen LogP contribution in [0, 0.1) is 0 Å². The molecule has 1 fully saturated rings. The Labute approximate surface area is 153 Å². The summed E-state index contributed by atoms with van der Waals surface area (Å²) < 4.78 is 7.46. The van der Waals surface area contributed by atoms with Crippen LogP contribution < -0.4 is 15.5 Å². The summed E-state index contributed by atoms with van der Waals surface area (Å²) in [4.78, 5) is 15.0. The lowest BCUT2D eigenvalue weighted by Gasteiger charge is -2.30. The number of benzene rings is 1. The number of para-hydroxylation sites is 1. The number of rotatable bonds is 4. The maximum Gasteiger partial charge on any atom is 0.253 e. The molecule has 138 valence electrons. The van der Waals surface area contributed by atoms with Crippen molar-refractivity contribution in [2.45, 2.75) is 26.1 Å². The molecule has 1 aromatic heterocycles. The van der Waals surface area contributed by atoms with E-state index < -0.39 is 0 Å². The van der Waals surface area contributed by atoms with Gasteiger partial charge in [-0.25, -0.2) is 0 Å². The number of carbonyl (C=O) groups excluding carboxylic acids is 1. The summed E-state index contributed by atoms with van der Waals surface area (Å²) in [6.45, 7) is 6.24. The van der Waals surface area contributed by atoms with Crippen LogP contribution in [-0.2, 0) is 24.4 Å². The Hall–Kier alpha value is -2.38. The molecule has 0 spiro atoms. The van der Waals surface area contributed by atoms with E-state index in [1.165, 1.54) is 5.69 Å². The lowest BCUT2D eigenvalue weighted by Crippen LogP contribution is -2.37. The number of nitrogens with zero attached hydrogens (tertiary/aromatic N) is 3. The van der Waals surface area contributed by atoms with Gasteiger partial charge >= 0.3 is 0 Å². The third-order valence-corrected chi connectivity index (χ3v) is 4.87. The van der Waals surface area contributed by atoms with E-state index in [1.54, 1.807) is 0 Å². The highest BCUT2D eigenvalue weighted by atomic mass is 16.5. The molecule has 3 heterocycles. The molecule has 0 saturated carbocycles. The van der Waals surface area contributed by atoms with E-state index in [4.69, 9.17) is 4.74 Å². The fraction of sp³-hybridized carbons (Fsp3) is 0.474. The van der Waals surface area contributed by atoms with Crippen molar-refractivity contribution in [3.63, 3.8) is 0 Å². The van der Waals surface area contributed by atoms with Crippen LogP contribution in [0.2, 0.25) is 0 Å². The smallest absolute Gasteiger partial charge is 0.253 e. The van der Waals surface area contributed by atoms with E-state index in [9.17, 15) is 4.79 Å². The van der Waals surface area contributed by atoms with Gasteiger partial charge in [-0.05, 0) is 31.2 Å². The molecule has 4 rings (SSSR count). The molecule has 26 heavy (non-hydrogen) atoms. The molecule has 2 N–H and O–H groups in total. The summed E-state index contributed by atoms with van der Waals surface area (Å²) in [7, 11) is 0. The summed E-state index contributed by atoms with van der Waals surface area (Å²) in [6, 6.07) is 9.84. The lowest BCUT2D eigenvalue weighted by molar-refractivity contribution is 0.0949. The van der Waals surface area contributed by atoms with E-state index in [2.05, 4.69) is 26.7 Å². The van der Waals surface area contributed by atoms with Gasteiger partial charge in [0.05, 0.1) is 36.7 Å². The van der Waals surface area contributed by atoms with Crippen molar-refractivity contribution in [1.82, 2.24) is 20.4 Å². The second-order valence-electron chi connectivity index (χ2n) is 6.68. The first-order valence-corrected chi connectivity index (χ1v) is 9.27. The first-order valence-electron chi connectivity index (χ1n) is 9.27. The van der Waals surface area contributed by atoms with Crippen molar-refractivity contribution in [3.8, 4) is 0 Å². The molecule has 2 aromatic rings. The molecule has 2 aliphatic rings. The first kappa shape index (κ1) is 17.1. The number of amides is 1. The molecular formula is C19H25N5O2. The van der Waals surface area contributed by atoms with E-state index in [0.717, 1.165) is 50.5 Å². The van der Waals surface area contributed by atoms with Crippen molar-refractivity contribution in [3.05, 3.63) is 47.3 Å². The molecule has 2 aliphatic heterocycles. The van der Waals surface area contributed by atoms with Crippen LogP contribution >= 0.6 is 0 Å². The number of hydrogen-bond donors (Lipinski definition) is 2. The van der Waals surface area contributed by atoms with Gasteiger partial charge in [0, 0.05) is 31.9 Å². The van der Waals surface area contributed by atoms with Crippen molar-refractivity contribution in [2.75, 3.05) is 37.7 Å². The zero-order valence-corrected chi connectivity index (χ0v) is 14.9. The van der Waals surface area contributed by atoms with Gasteiger partial charge in [0.1, 0.15) is 0 Å². The zero-order chi connectivity index (χ0) is 17.8. The minimum absolute atomic E-state index is 0.0617. The topological polar surface area (TPSA) is 71.4 Å². The van der Waals surface area contributed by atoms with Crippen molar-refractivity contribution >= 4 is 11.6 Å². The third-order valence-electron chi connectivity index (χ3n) is 4.87. The predicted molar refractivity (Wildman–Crippen MR) is 99.2 cm³/mol. The molecule has 0 aliphatic carbocycles. The Balaban J connectivity index is 1.44. The minimum Gasteiger partial charge on any atom is -0.378 e. The standard InChI is InChI=1S/C19H25N5O2/c25-19(17-4-1-2-5-18(17)23-8-10-26-11-9-23)21-13-15-12-16-14-20-6-3-7-24(16)22-15/h1-2,4-5,12,20H,3,6-11,13-14H2,(H,21,25). The van der Waals surface area contributed by atoms with Gasteiger partial charge in [-0.3, -0.25) is 9.48 Å². The molecule has 1 aromatic carbocycles. The number of ether oxygens (including phenoxy) is 1. The van der Waals surface area contributed by atoms with Crippen LogP contribution in [0.3, 0.4) is 0 Å². The van der Waals surface area contributed by atoms with Crippen LogP contribution in [0.25, 0.3) is 0 Å². The average Bonchev–Trinajstić information content (AvgIpc) is 2.96. The normalized spacial score (nSPS) is 17.5. The quantitative estimate of drug-likeness (QED) is 0.861. The second kappa shape index (κ2) is 7.88. The number of aromatic nitrogens is 2. The molecule has 0 radical (unpaired) electrons. The Morgan fingerprint density at radius 2 is 2.08 bits per heavy atom. The fourth-order valence-corrected chi connectivity index (χ4v) is 3.52. The first-order chi connectivity index (χ1) is 12.8. The van der Waals surface area contributed by atoms with Gasteiger partial charge in [-0.2, -0.15) is 5.10 Å². The van der Waals surface area contributed by atoms with E-state index in [1.807, 2.05) is 28.9 Å². The fourth-order valence-electron chi connectivity index (χ4n) is 3.52. The number of anilines is 1. The summed E-state index contributed by atoms with van der Waals surface area (Å²) in [5, 5.41) is 11.0. The maximum atomic E-state index is 12.8. The highest BCUT2D eigenvalue weighted by molar-refractivity contribution is 5.99. The largest absolute Gasteiger partial charge is 0.378 e. The Morgan fingerprint density at radius 3 is 2.96 bits per heavy atom. The zero-order valence-electron chi connectivity index (χ0n) is 14.9. The van der Waals surface area contributed by atoms with Crippen molar-refractivity contribution in [1.29, 1.82) is 0 Å². The molecule has 1 amide bonds. The number of carbonyl (C=O) groups is 1. The summed E-state index contributed by atoms with van der Waals surface area (Å²) in [6.07, 6.45) is 1.08. The number of fused-ring (bicyclic) bond motifs is 1. The Kier molecular flexibility index (Phi) is 5.17. The molecule has 0 unspecified atom stereocenters. The van der Waals surface area contributed by atoms with Crippen LogP contribution in [0.15, 0.2) is 30.3 Å². The summed E-state index contributed by atoms with van der Waals surface area (Å²) >= 11 is 0. The third kappa shape index (κ3) is 3.73. The van der Waals surface area contributed by atoms with E-state index >= 15 is 0 Å². The number of aryl methyl sites for hydroxylation is 1. The Morgan fingerprint density at radius 1 is 1.23 bits per heavy atom. The highest BCUT2D eigenvalue weighted by Gasteiger charge is 2.19. The monoisotopic (exact) mass is 355 g/mol. The SMILES string of the molecule is O=C(NCc1cc2n(n1)CCCNC2)c1ccccc1N1CCOCC1. The molecule has 0 atom stereocenters. The predicted octanol–water partition coefficient (Wildman–Crippen LogP) is 1.14. The van der Waals surface area contributed by atoms with Crippen molar-refractivity contribution < 1.29 is 9.53 Å². The lowest BCUT2D eigenvalue weighted by atomic mass is 10.1. The highest BCUT2D eigenvalue weighted by Crippen LogP contribution is 2.21. The second-order valence-corrected chi connectivity index (χ2v) is 6.68. The molecule has 7 heteroatoms. The van der Waals surface area contributed by atoms with Gasteiger partial charge < -0.3 is 20.3 Å². The molecular weight excluding hydrogens is 330 g/mol. The van der Waals surface area contributed by atoms with Gasteiger partial charge in [-0.15, -0.1) is 0 Å². The minimum atomic E-state index is -0.0617. The number of hydrogen-bond acceptors (Lipinski definition) is 5. The summed E-state index contributed by atoms with van der Waals surface area (Å²) in [5.74, 6) is -0.0617. The van der Waals surface area contributed by atoms with Crippen molar-refractivity contribution in [2.24, 2.45) is 0 Å². The summed E-state index contributed by atoms with van der Waals surface area (Å²) in [5.41, 5.74) is 3.76. The molecule has 0 bridgehead atoms. The van der Waals surface area contributed by atoms with Gasteiger partial charge in [0.2, 0.25) is 0 Å². The van der Waals surface area contributed by atoms with Crippen LogP contribution in [0.5, 0.6) is 0 Å². The van der Waals surface area contributed by atoms with E-state index in [0.29, 0.717) is 25.3 Å². The molecule has 1 saturated heterocycles. The molecule has 7 nitrogen and oxygen atoms in total. The van der Waals surface area contributed by atoms with Crippen LogP contribution in [0.4, 0.5) is 5.69 Å². The number of morpholine rings is 1. The number of nitrogens with one attached hydrogen (secondary N) is 2. The van der Waals surface area contributed by atoms with Crippen LogP contribution in [-0.4, -0.2) is 48.5 Å². The van der Waals surface area contributed by atoms with E-state index in [-0.39, 0.29) is 5.91 Å². The van der Waals surface area contributed by atoms with Gasteiger partial charge in [0.15, 0.2) is 0 Å². The van der Waals surface area contributed by atoms with Gasteiger partial charge in [0.25, 0.3) is 5.91 Å². The van der Waals surface area contributed by atoms with Crippen LogP contribution in [0.1, 0.15) is 28.2 Å².